The predicted octanol–water partition coefficient (Wildman–Crippen LogP) is 1.79. The summed E-state index contributed by atoms with van der Waals surface area (Å²) in [5, 5.41) is 0. The van der Waals surface area contributed by atoms with Crippen LogP contribution in [0.5, 0.6) is 0 Å². The molecule has 2 aromatic heterocycles. The summed E-state index contributed by atoms with van der Waals surface area (Å²) in [4.78, 5) is 19.8. The lowest BCUT2D eigenvalue weighted by Gasteiger charge is -2.09. The van der Waals surface area contributed by atoms with Gasteiger partial charge in [-0.2, -0.15) is 0 Å². The number of amides is 1. The normalized spacial score (nSPS) is 11.3. The zero-order valence-corrected chi connectivity index (χ0v) is 15.9. The number of nitrogens with two attached hydrogens (primary N) is 2. The van der Waals surface area contributed by atoms with E-state index in [2.05, 4.69) is 14.7 Å². The van der Waals surface area contributed by atoms with Gasteiger partial charge in [0.1, 0.15) is 5.82 Å². The smallest absolute Gasteiger partial charge is 0.250 e. The summed E-state index contributed by atoms with van der Waals surface area (Å²) in [7, 11) is -3.51. The van der Waals surface area contributed by atoms with Gasteiger partial charge in [-0.15, -0.1) is 0 Å². The van der Waals surface area contributed by atoms with E-state index in [9.17, 15) is 13.2 Å². The standard InChI is InChI=1S/C19H19N5O3S/c1-2-24-28(26,27)15-6-3-12(4-7-15)14-9-16(18(20)23-11-14)17-8-5-13(10-22-17)19(21)25/h3-11,24H,2H2,1H3,(H2,20,23)(H2,21,25). The maximum absolute atomic E-state index is 12.1. The molecule has 0 fully saturated rings. The molecule has 3 rings (SSSR count). The van der Waals surface area contributed by atoms with E-state index in [4.69, 9.17) is 11.5 Å². The Balaban J connectivity index is 1.96. The van der Waals surface area contributed by atoms with E-state index in [0.717, 1.165) is 11.1 Å². The maximum atomic E-state index is 12.1. The van der Waals surface area contributed by atoms with Gasteiger partial charge in [-0.3, -0.25) is 9.78 Å². The van der Waals surface area contributed by atoms with Crippen LogP contribution in [0.25, 0.3) is 22.4 Å². The van der Waals surface area contributed by atoms with Crippen molar-refractivity contribution in [2.45, 2.75) is 11.8 Å². The fourth-order valence-electron chi connectivity index (χ4n) is 2.64. The van der Waals surface area contributed by atoms with E-state index < -0.39 is 15.9 Å². The van der Waals surface area contributed by atoms with Gasteiger partial charge in [0.25, 0.3) is 0 Å². The van der Waals surface area contributed by atoms with Crippen LogP contribution in [0, 0.1) is 0 Å². The second-order valence-electron chi connectivity index (χ2n) is 5.98. The maximum Gasteiger partial charge on any atom is 0.250 e. The lowest BCUT2D eigenvalue weighted by molar-refractivity contribution is 0.1000. The average molecular weight is 397 g/mol. The van der Waals surface area contributed by atoms with Gasteiger partial charge in [0, 0.05) is 30.1 Å². The quantitative estimate of drug-likeness (QED) is 0.579. The summed E-state index contributed by atoms with van der Waals surface area (Å²) in [6.45, 7) is 2.04. The van der Waals surface area contributed by atoms with Crippen molar-refractivity contribution < 1.29 is 13.2 Å². The Labute approximate surface area is 162 Å². The Morgan fingerprint density at radius 3 is 2.32 bits per heavy atom. The van der Waals surface area contributed by atoms with Crippen molar-refractivity contribution in [3.05, 3.63) is 60.4 Å². The first-order chi connectivity index (χ1) is 13.3. The number of primary amides is 1. The number of nitrogens with one attached hydrogen (secondary N) is 1. The monoisotopic (exact) mass is 397 g/mol. The van der Waals surface area contributed by atoms with E-state index in [1.807, 2.05) is 6.07 Å². The molecule has 1 amide bonds. The summed E-state index contributed by atoms with van der Waals surface area (Å²) in [5.74, 6) is -0.277. The van der Waals surface area contributed by atoms with Gasteiger partial charge >= 0.3 is 0 Å². The van der Waals surface area contributed by atoms with Crippen LogP contribution in [0.1, 0.15) is 17.3 Å². The fourth-order valence-corrected chi connectivity index (χ4v) is 3.68. The molecule has 3 aromatic rings. The van der Waals surface area contributed by atoms with Gasteiger partial charge in [-0.25, -0.2) is 18.1 Å². The number of aromatic nitrogens is 2. The third-order valence-electron chi connectivity index (χ3n) is 4.07. The highest BCUT2D eigenvalue weighted by Gasteiger charge is 2.13. The molecule has 0 aliphatic carbocycles. The van der Waals surface area contributed by atoms with Crippen molar-refractivity contribution in [2.75, 3.05) is 12.3 Å². The van der Waals surface area contributed by atoms with Gasteiger partial charge in [0.15, 0.2) is 0 Å². The van der Waals surface area contributed by atoms with Crippen LogP contribution in [0.15, 0.2) is 59.8 Å². The first-order valence-electron chi connectivity index (χ1n) is 8.43. The molecule has 0 saturated heterocycles. The van der Waals surface area contributed by atoms with Gasteiger partial charge < -0.3 is 11.5 Å². The minimum Gasteiger partial charge on any atom is -0.383 e. The van der Waals surface area contributed by atoms with E-state index in [1.54, 1.807) is 37.4 Å². The Morgan fingerprint density at radius 2 is 1.75 bits per heavy atom. The largest absolute Gasteiger partial charge is 0.383 e. The minimum absolute atomic E-state index is 0.186. The summed E-state index contributed by atoms with van der Waals surface area (Å²) in [5.41, 5.74) is 14.2. The highest BCUT2D eigenvalue weighted by atomic mass is 32.2. The summed E-state index contributed by atoms with van der Waals surface area (Å²) in [6.07, 6.45) is 2.98. The van der Waals surface area contributed by atoms with Gasteiger partial charge in [-0.1, -0.05) is 19.1 Å². The molecule has 28 heavy (non-hydrogen) atoms. The molecule has 0 spiro atoms. The van der Waals surface area contributed by atoms with Crippen molar-refractivity contribution in [3.8, 4) is 22.4 Å². The molecule has 8 nitrogen and oxygen atoms in total. The Kier molecular flexibility index (Phi) is 5.39. The van der Waals surface area contributed by atoms with Crippen LogP contribution in [0.2, 0.25) is 0 Å². The highest BCUT2D eigenvalue weighted by Crippen LogP contribution is 2.29. The lowest BCUT2D eigenvalue weighted by Crippen LogP contribution is -2.22. The Morgan fingerprint density at radius 1 is 1.04 bits per heavy atom. The molecule has 0 radical (unpaired) electrons. The molecule has 0 bridgehead atoms. The summed E-state index contributed by atoms with van der Waals surface area (Å²) < 4.78 is 26.6. The number of carbonyl (C=O) groups is 1. The predicted molar refractivity (Wildman–Crippen MR) is 107 cm³/mol. The van der Waals surface area contributed by atoms with Crippen LogP contribution in [0.4, 0.5) is 5.82 Å². The van der Waals surface area contributed by atoms with Crippen LogP contribution in [-0.4, -0.2) is 30.8 Å². The third kappa shape index (κ3) is 4.00. The third-order valence-corrected chi connectivity index (χ3v) is 5.64. The van der Waals surface area contributed by atoms with Crippen LogP contribution in [-0.2, 0) is 10.0 Å². The molecule has 0 aliphatic rings. The SMILES string of the molecule is CCNS(=O)(=O)c1ccc(-c2cnc(N)c(-c3ccc(C(N)=O)cn3)c2)cc1. The molecule has 9 heteroatoms. The van der Waals surface area contributed by atoms with E-state index >= 15 is 0 Å². The first-order valence-corrected chi connectivity index (χ1v) is 9.92. The molecule has 0 atom stereocenters. The lowest BCUT2D eigenvalue weighted by atomic mass is 10.0. The number of carbonyl (C=O) groups excluding carboxylic acids is 1. The fraction of sp³-hybridized carbons (Fsp3) is 0.105. The molecule has 0 unspecified atom stereocenters. The van der Waals surface area contributed by atoms with Crippen molar-refractivity contribution in [1.29, 1.82) is 0 Å². The van der Waals surface area contributed by atoms with Crippen molar-refractivity contribution >= 4 is 21.7 Å². The zero-order valence-electron chi connectivity index (χ0n) is 15.1. The number of sulfonamides is 1. The van der Waals surface area contributed by atoms with Crippen molar-refractivity contribution in [2.24, 2.45) is 5.73 Å². The second kappa shape index (κ2) is 7.75. The summed E-state index contributed by atoms with van der Waals surface area (Å²) >= 11 is 0. The van der Waals surface area contributed by atoms with E-state index in [1.165, 1.54) is 18.3 Å². The van der Waals surface area contributed by atoms with Crippen molar-refractivity contribution in [1.82, 2.24) is 14.7 Å². The molecule has 5 N–H and O–H groups in total. The number of nitrogens with zero attached hydrogens (tertiary/aromatic N) is 2. The number of rotatable bonds is 6. The molecule has 0 aliphatic heterocycles. The number of anilines is 1. The van der Waals surface area contributed by atoms with E-state index in [0.29, 0.717) is 23.4 Å². The zero-order chi connectivity index (χ0) is 20.3. The van der Waals surface area contributed by atoms with Crippen LogP contribution < -0.4 is 16.2 Å². The minimum atomic E-state index is -3.51. The molecule has 2 heterocycles. The Hall–Kier alpha value is -3.30. The molecular formula is C19H19N5O3S. The topological polar surface area (TPSA) is 141 Å². The molecule has 1 aromatic carbocycles. The van der Waals surface area contributed by atoms with Gasteiger partial charge in [0.2, 0.25) is 15.9 Å². The van der Waals surface area contributed by atoms with Gasteiger partial charge in [0.05, 0.1) is 16.2 Å². The van der Waals surface area contributed by atoms with Crippen LogP contribution >= 0.6 is 0 Å². The first kappa shape index (κ1) is 19.5. The number of nitrogen functional groups attached to an aromatic ring is 1. The number of benzene rings is 1. The van der Waals surface area contributed by atoms with Crippen molar-refractivity contribution in [3.63, 3.8) is 0 Å². The average Bonchev–Trinajstić information content (AvgIpc) is 2.68. The molecule has 0 saturated carbocycles. The number of hydrogen-bond acceptors (Lipinski definition) is 6. The second-order valence-corrected chi connectivity index (χ2v) is 7.75. The number of pyridine rings is 2. The highest BCUT2D eigenvalue weighted by molar-refractivity contribution is 7.89. The van der Waals surface area contributed by atoms with Crippen LogP contribution in [0.3, 0.4) is 0 Å². The molecule has 144 valence electrons. The van der Waals surface area contributed by atoms with Gasteiger partial charge in [-0.05, 0) is 35.9 Å². The molecular weight excluding hydrogens is 378 g/mol. The number of hydrogen-bond donors (Lipinski definition) is 3. The summed E-state index contributed by atoms with van der Waals surface area (Å²) in [6, 6.07) is 11.5. The Bertz CT molecular complexity index is 1110. The van der Waals surface area contributed by atoms with E-state index in [-0.39, 0.29) is 10.7 Å².